The van der Waals surface area contributed by atoms with Crippen LogP contribution in [-0.4, -0.2) is 29.9 Å². The van der Waals surface area contributed by atoms with E-state index < -0.39 is 0 Å². The van der Waals surface area contributed by atoms with Gasteiger partial charge in [-0.05, 0) is 50.2 Å². The lowest BCUT2D eigenvalue weighted by atomic mass is 10.2. The number of carbonyl (C=O) groups is 2. The Hall–Kier alpha value is -3.13. The highest BCUT2D eigenvalue weighted by atomic mass is 32.1. The number of hydrogen-bond acceptors (Lipinski definition) is 6. The van der Waals surface area contributed by atoms with E-state index in [1.165, 1.54) is 0 Å². The van der Waals surface area contributed by atoms with E-state index in [1.807, 2.05) is 25.3 Å². The van der Waals surface area contributed by atoms with Gasteiger partial charge in [-0.25, -0.2) is 4.98 Å². The van der Waals surface area contributed by atoms with Crippen LogP contribution in [-0.2, 0) is 11.3 Å². The topological polar surface area (TPSA) is 93.5 Å². The number of nitrogens with one attached hydrogen (secondary N) is 2. The molecule has 0 unspecified atom stereocenters. The molecule has 0 spiro atoms. The molecule has 0 saturated carbocycles. The maximum atomic E-state index is 12.1. The number of rotatable bonds is 8. The lowest BCUT2D eigenvalue weighted by Gasteiger charge is -2.07. The van der Waals surface area contributed by atoms with E-state index >= 15 is 0 Å². The molecule has 2 heterocycles. The van der Waals surface area contributed by atoms with E-state index in [9.17, 15) is 9.59 Å². The number of thiazole rings is 1. The number of carbonyl (C=O) groups excluding carboxylic acids is 2. The summed E-state index contributed by atoms with van der Waals surface area (Å²) in [6.45, 7) is 4.50. The Morgan fingerprint density at radius 2 is 1.93 bits per heavy atom. The summed E-state index contributed by atoms with van der Waals surface area (Å²) in [6.07, 6.45) is 0. The summed E-state index contributed by atoms with van der Waals surface area (Å²) < 4.78 is 11.0. The predicted octanol–water partition coefficient (Wildman–Crippen LogP) is 3.16. The Kier molecular flexibility index (Phi) is 6.44. The zero-order valence-corrected chi connectivity index (χ0v) is 16.5. The highest BCUT2D eigenvalue weighted by Gasteiger charge is 2.11. The minimum atomic E-state index is -0.322. The third-order valence-corrected chi connectivity index (χ3v) is 4.60. The summed E-state index contributed by atoms with van der Waals surface area (Å²) in [4.78, 5) is 28.4. The molecule has 0 aliphatic rings. The van der Waals surface area contributed by atoms with Gasteiger partial charge in [-0.1, -0.05) is 0 Å². The van der Waals surface area contributed by atoms with Gasteiger partial charge in [0.2, 0.25) is 5.91 Å². The van der Waals surface area contributed by atoms with E-state index in [0.717, 1.165) is 10.7 Å². The van der Waals surface area contributed by atoms with Crippen LogP contribution in [0.1, 0.15) is 28.0 Å². The van der Waals surface area contributed by atoms with Crippen LogP contribution >= 0.6 is 11.3 Å². The Morgan fingerprint density at radius 1 is 1.14 bits per heavy atom. The van der Waals surface area contributed by atoms with Crippen molar-refractivity contribution in [1.29, 1.82) is 0 Å². The molecule has 0 radical (unpaired) electrons. The number of furan rings is 1. The van der Waals surface area contributed by atoms with E-state index in [4.69, 9.17) is 9.15 Å². The third-order valence-electron chi connectivity index (χ3n) is 3.83. The molecule has 0 aliphatic carbocycles. The molecule has 8 heteroatoms. The summed E-state index contributed by atoms with van der Waals surface area (Å²) in [7, 11) is 0. The summed E-state index contributed by atoms with van der Waals surface area (Å²) in [5.41, 5.74) is 1.24. The molecule has 146 valence electrons. The monoisotopic (exact) mass is 399 g/mol. The average Bonchev–Trinajstić information content (AvgIpc) is 3.34. The quantitative estimate of drug-likeness (QED) is 0.607. The lowest BCUT2D eigenvalue weighted by Crippen LogP contribution is -2.36. The maximum Gasteiger partial charge on any atom is 0.251 e. The van der Waals surface area contributed by atoms with Gasteiger partial charge in [0.25, 0.3) is 5.91 Å². The van der Waals surface area contributed by atoms with Crippen LogP contribution < -0.4 is 15.4 Å². The van der Waals surface area contributed by atoms with Gasteiger partial charge in [0.15, 0.2) is 5.76 Å². The molecule has 0 saturated heterocycles. The molecule has 3 aromatic rings. The zero-order valence-electron chi connectivity index (χ0n) is 15.7. The van der Waals surface area contributed by atoms with Crippen molar-refractivity contribution in [1.82, 2.24) is 15.6 Å². The Bertz CT molecular complexity index is 947. The Balaban J connectivity index is 1.44. The molecule has 1 aromatic carbocycles. The van der Waals surface area contributed by atoms with E-state index in [0.29, 0.717) is 29.4 Å². The van der Waals surface area contributed by atoms with Crippen molar-refractivity contribution in [2.45, 2.75) is 20.4 Å². The van der Waals surface area contributed by atoms with Crippen LogP contribution in [0.15, 0.2) is 46.2 Å². The van der Waals surface area contributed by atoms with Gasteiger partial charge in [-0.2, -0.15) is 0 Å². The van der Waals surface area contributed by atoms with E-state index in [-0.39, 0.29) is 24.9 Å². The molecule has 3 rings (SSSR count). The largest absolute Gasteiger partial charge is 0.494 e. The Labute approximate surface area is 166 Å². The molecule has 7 nitrogen and oxygen atoms in total. The standard InChI is InChI=1S/C20H21N3O4S/c1-3-26-15-6-4-14(5-7-15)20(25)22-11-19(24)21-10-16-8-9-18(27-16)17-12-28-13(2)23-17/h4-9,12H,3,10-11H2,1-2H3,(H,21,24)(H,22,25). The highest BCUT2D eigenvalue weighted by Crippen LogP contribution is 2.23. The smallest absolute Gasteiger partial charge is 0.251 e. The number of benzene rings is 1. The normalized spacial score (nSPS) is 10.5. The second-order valence-electron chi connectivity index (χ2n) is 5.93. The number of amides is 2. The zero-order chi connectivity index (χ0) is 19.9. The van der Waals surface area contributed by atoms with Crippen molar-refractivity contribution in [2.24, 2.45) is 0 Å². The SMILES string of the molecule is CCOc1ccc(C(=O)NCC(=O)NCc2ccc(-c3csc(C)n3)o2)cc1. The molecule has 28 heavy (non-hydrogen) atoms. The highest BCUT2D eigenvalue weighted by molar-refractivity contribution is 7.09. The molecule has 0 atom stereocenters. The molecular weight excluding hydrogens is 378 g/mol. The van der Waals surface area contributed by atoms with Crippen LogP contribution in [0.25, 0.3) is 11.5 Å². The minimum Gasteiger partial charge on any atom is -0.494 e. The predicted molar refractivity (Wildman–Crippen MR) is 106 cm³/mol. The van der Waals surface area contributed by atoms with Crippen LogP contribution in [0, 0.1) is 6.92 Å². The van der Waals surface area contributed by atoms with Gasteiger partial charge in [-0.15, -0.1) is 11.3 Å². The van der Waals surface area contributed by atoms with Gasteiger partial charge in [0, 0.05) is 10.9 Å². The number of aromatic nitrogens is 1. The first-order chi connectivity index (χ1) is 13.5. The molecular formula is C20H21N3O4S. The number of aryl methyl sites for hydroxylation is 1. The first-order valence-corrected chi connectivity index (χ1v) is 9.72. The number of ether oxygens (including phenoxy) is 1. The second kappa shape index (κ2) is 9.18. The minimum absolute atomic E-state index is 0.120. The fraction of sp³-hybridized carbons (Fsp3) is 0.250. The van der Waals surface area contributed by atoms with Gasteiger partial charge < -0.3 is 19.8 Å². The summed E-state index contributed by atoms with van der Waals surface area (Å²) in [5.74, 6) is 1.35. The number of nitrogens with zero attached hydrogens (tertiary/aromatic N) is 1. The van der Waals surface area contributed by atoms with Crippen LogP contribution in [0.5, 0.6) is 5.75 Å². The van der Waals surface area contributed by atoms with Crippen molar-refractivity contribution in [3.8, 4) is 17.2 Å². The van der Waals surface area contributed by atoms with Crippen LogP contribution in [0.2, 0.25) is 0 Å². The first-order valence-electron chi connectivity index (χ1n) is 8.84. The molecule has 0 aliphatic heterocycles. The second-order valence-corrected chi connectivity index (χ2v) is 7.00. The van der Waals surface area contributed by atoms with Crippen molar-refractivity contribution < 1.29 is 18.7 Å². The lowest BCUT2D eigenvalue weighted by molar-refractivity contribution is -0.120. The molecule has 0 bridgehead atoms. The van der Waals surface area contributed by atoms with Crippen LogP contribution in [0.3, 0.4) is 0 Å². The fourth-order valence-electron chi connectivity index (χ4n) is 2.47. The number of hydrogen-bond donors (Lipinski definition) is 2. The molecule has 2 amide bonds. The van der Waals surface area contributed by atoms with Gasteiger partial charge >= 0.3 is 0 Å². The average molecular weight is 399 g/mol. The summed E-state index contributed by atoms with van der Waals surface area (Å²) >= 11 is 1.55. The van der Waals surface area contributed by atoms with Gasteiger partial charge in [-0.3, -0.25) is 9.59 Å². The summed E-state index contributed by atoms with van der Waals surface area (Å²) in [5, 5.41) is 8.19. The van der Waals surface area contributed by atoms with Crippen molar-refractivity contribution in [3.63, 3.8) is 0 Å². The van der Waals surface area contributed by atoms with Gasteiger partial charge in [0.05, 0.1) is 24.7 Å². The summed E-state index contributed by atoms with van der Waals surface area (Å²) in [6, 6.07) is 10.4. The van der Waals surface area contributed by atoms with Gasteiger partial charge in [0.1, 0.15) is 17.2 Å². The molecule has 0 fully saturated rings. The van der Waals surface area contributed by atoms with E-state index in [2.05, 4.69) is 15.6 Å². The maximum absolute atomic E-state index is 12.1. The Morgan fingerprint density at radius 3 is 2.61 bits per heavy atom. The molecule has 2 aromatic heterocycles. The van der Waals surface area contributed by atoms with Crippen LogP contribution in [0.4, 0.5) is 0 Å². The third kappa shape index (κ3) is 5.20. The molecule has 2 N–H and O–H groups in total. The van der Waals surface area contributed by atoms with Crippen molar-refractivity contribution in [2.75, 3.05) is 13.2 Å². The van der Waals surface area contributed by atoms with E-state index in [1.54, 1.807) is 41.7 Å². The van der Waals surface area contributed by atoms with Crippen molar-refractivity contribution >= 4 is 23.2 Å². The van der Waals surface area contributed by atoms with Crippen molar-refractivity contribution in [3.05, 3.63) is 58.1 Å². The fourth-order valence-corrected chi connectivity index (χ4v) is 3.07. The first kappa shape index (κ1) is 19.6.